The number of rotatable bonds is 0. The molecule has 4 rings (SSSR count). The van der Waals surface area contributed by atoms with Gasteiger partial charge in [-0.1, -0.05) is 29.4 Å². The van der Waals surface area contributed by atoms with Crippen LogP contribution in [-0.2, 0) is 6.42 Å². The van der Waals surface area contributed by atoms with Gasteiger partial charge < -0.3 is 4.90 Å². The lowest BCUT2D eigenvalue weighted by molar-refractivity contribution is 0.309. The van der Waals surface area contributed by atoms with Gasteiger partial charge in [0.25, 0.3) is 0 Å². The number of hydrogen-bond donors (Lipinski definition) is 0. The van der Waals surface area contributed by atoms with E-state index in [1.54, 1.807) is 0 Å². The maximum Gasteiger partial charge on any atom is 0.160 e. The largest absolute Gasteiger partial charge is 0.341 e. The molecule has 0 radical (unpaired) electrons. The van der Waals surface area contributed by atoms with E-state index < -0.39 is 0 Å². The first-order chi connectivity index (χ1) is 8.33. The topological polar surface area (TPSA) is 15.6 Å². The van der Waals surface area contributed by atoms with Crippen LogP contribution < -0.4 is 0 Å². The van der Waals surface area contributed by atoms with Crippen LogP contribution in [0, 0.1) is 0 Å². The average Bonchev–Trinajstić information content (AvgIpc) is 2.88. The van der Waals surface area contributed by atoms with Gasteiger partial charge in [0.2, 0.25) is 0 Å². The van der Waals surface area contributed by atoms with Gasteiger partial charge in [0.15, 0.2) is 5.17 Å². The Labute approximate surface area is 122 Å². The van der Waals surface area contributed by atoms with Gasteiger partial charge in [0, 0.05) is 17.3 Å². The molecular weight excluding hydrogens is 287 g/mol. The maximum atomic E-state index is 6.08. The molecule has 3 aliphatic rings. The van der Waals surface area contributed by atoms with E-state index in [1.165, 1.54) is 28.5 Å². The van der Waals surface area contributed by atoms with Crippen LogP contribution in [0.2, 0.25) is 5.02 Å². The molecule has 2 nitrogen and oxygen atoms in total. The summed E-state index contributed by atoms with van der Waals surface area (Å²) >= 11 is 7.99. The van der Waals surface area contributed by atoms with Gasteiger partial charge in [-0.05, 0) is 36.1 Å². The molecule has 0 amide bonds. The number of hydrogen-bond acceptors (Lipinski definition) is 3. The molecule has 1 aromatic carbocycles. The van der Waals surface area contributed by atoms with Gasteiger partial charge in [-0.15, -0.1) is 12.4 Å². The summed E-state index contributed by atoms with van der Waals surface area (Å²) in [6, 6.07) is 7.32. The third-order valence-corrected chi connectivity index (χ3v) is 5.14. The number of aliphatic imine (C=N–C) groups is 1. The molecule has 0 N–H and O–H groups in total. The monoisotopic (exact) mass is 300 g/mol. The van der Waals surface area contributed by atoms with Crippen molar-refractivity contribution in [1.29, 1.82) is 0 Å². The van der Waals surface area contributed by atoms with Crippen LogP contribution in [0.1, 0.15) is 23.6 Å². The van der Waals surface area contributed by atoms with Crippen molar-refractivity contribution in [2.75, 3.05) is 12.3 Å². The first-order valence-corrected chi connectivity index (χ1v) is 7.45. The quantitative estimate of drug-likeness (QED) is 0.728. The fourth-order valence-corrected chi connectivity index (χ4v) is 4.43. The maximum absolute atomic E-state index is 6.08. The van der Waals surface area contributed by atoms with Gasteiger partial charge in [0.1, 0.15) is 0 Å². The Bertz CT molecular complexity index is 518. The molecule has 1 aromatic rings. The van der Waals surface area contributed by atoms with Crippen molar-refractivity contribution in [2.24, 2.45) is 4.99 Å². The van der Waals surface area contributed by atoms with Crippen LogP contribution >= 0.6 is 35.8 Å². The highest BCUT2D eigenvalue weighted by Gasteiger charge is 2.42. The van der Waals surface area contributed by atoms with Crippen molar-refractivity contribution in [3.05, 3.63) is 34.3 Å². The number of aryl methyl sites for hydroxylation is 1. The van der Waals surface area contributed by atoms with E-state index in [1.807, 2.05) is 17.8 Å². The zero-order valence-electron chi connectivity index (χ0n) is 9.80. The van der Waals surface area contributed by atoms with Crippen molar-refractivity contribution in [3.8, 4) is 0 Å². The summed E-state index contributed by atoms with van der Waals surface area (Å²) in [7, 11) is 0. The highest BCUT2D eigenvalue weighted by atomic mass is 35.5. The minimum Gasteiger partial charge on any atom is -0.341 e. The molecular formula is C13H14Cl2N2S. The van der Waals surface area contributed by atoms with Gasteiger partial charge >= 0.3 is 0 Å². The Hall–Kier alpha value is -0.380. The molecule has 1 aliphatic carbocycles. The highest BCUT2D eigenvalue weighted by molar-refractivity contribution is 8.14. The molecule has 18 heavy (non-hydrogen) atoms. The summed E-state index contributed by atoms with van der Waals surface area (Å²) in [5.41, 5.74) is 2.87. The average molecular weight is 301 g/mol. The second kappa shape index (κ2) is 4.62. The minimum absolute atomic E-state index is 0. The van der Waals surface area contributed by atoms with Crippen LogP contribution in [0.4, 0.5) is 0 Å². The number of halogens is 2. The molecule has 96 valence electrons. The van der Waals surface area contributed by atoms with E-state index in [0.717, 1.165) is 18.0 Å². The molecule has 1 fully saturated rings. The molecule has 2 aliphatic heterocycles. The van der Waals surface area contributed by atoms with Crippen molar-refractivity contribution in [1.82, 2.24) is 4.90 Å². The van der Waals surface area contributed by atoms with Gasteiger partial charge in [-0.2, -0.15) is 0 Å². The highest BCUT2D eigenvalue weighted by Crippen LogP contribution is 2.44. The number of thioether (sulfide) groups is 1. The SMILES string of the molecule is Cl.Clc1ccc2c(c1)CC[C@@H]1N=C3SCCN3[C@@H]21. The fourth-order valence-electron chi connectivity index (χ4n) is 3.18. The molecule has 0 saturated carbocycles. The van der Waals surface area contributed by atoms with Crippen molar-refractivity contribution < 1.29 is 0 Å². The van der Waals surface area contributed by atoms with E-state index in [2.05, 4.69) is 17.0 Å². The van der Waals surface area contributed by atoms with Gasteiger partial charge in [-0.25, -0.2) is 0 Å². The Morgan fingerprint density at radius 3 is 3.17 bits per heavy atom. The van der Waals surface area contributed by atoms with E-state index >= 15 is 0 Å². The predicted molar refractivity (Wildman–Crippen MR) is 80.1 cm³/mol. The standard InChI is InChI=1S/C13H13ClN2S.ClH/c14-9-2-3-10-8(7-9)1-4-11-12(10)16-5-6-17-13(16)15-11;/h2-3,7,11-12H,1,4-6H2;1H/t11-,12-;/m0./s1. The van der Waals surface area contributed by atoms with E-state index in [9.17, 15) is 0 Å². The number of benzene rings is 1. The lowest BCUT2D eigenvalue weighted by Crippen LogP contribution is -2.33. The summed E-state index contributed by atoms with van der Waals surface area (Å²) in [5.74, 6) is 1.19. The Morgan fingerprint density at radius 1 is 1.39 bits per heavy atom. The van der Waals surface area contributed by atoms with Crippen LogP contribution in [0.25, 0.3) is 0 Å². The molecule has 2 atom stereocenters. The summed E-state index contributed by atoms with van der Waals surface area (Å²) < 4.78 is 0. The third-order valence-electron chi connectivity index (χ3n) is 3.92. The second-order valence-corrected chi connectivity index (χ2v) is 6.35. The van der Waals surface area contributed by atoms with Gasteiger partial charge in [-0.3, -0.25) is 4.99 Å². The van der Waals surface area contributed by atoms with E-state index in [-0.39, 0.29) is 12.4 Å². The molecule has 2 heterocycles. The molecule has 0 unspecified atom stereocenters. The lowest BCUT2D eigenvalue weighted by Gasteiger charge is -2.32. The molecule has 0 bridgehead atoms. The van der Waals surface area contributed by atoms with Crippen molar-refractivity contribution in [3.63, 3.8) is 0 Å². The first-order valence-electron chi connectivity index (χ1n) is 6.08. The van der Waals surface area contributed by atoms with Crippen LogP contribution in [0.3, 0.4) is 0 Å². The predicted octanol–water partition coefficient (Wildman–Crippen LogP) is 3.54. The molecule has 0 spiro atoms. The normalized spacial score (nSPS) is 28.1. The number of nitrogens with zero attached hydrogens (tertiary/aromatic N) is 2. The van der Waals surface area contributed by atoms with Crippen LogP contribution in [0.15, 0.2) is 23.2 Å². The van der Waals surface area contributed by atoms with Crippen molar-refractivity contribution >= 4 is 40.9 Å². The molecule has 5 heteroatoms. The van der Waals surface area contributed by atoms with Crippen molar-refractivity contribution in [2.45, 2.75) is 24.9 Å². The zero-order chi connectivity index (χ0) is 11.4. The van der Waals surface area contributed by atoms with Crippen LogP contribution in [0.5, 0.6) is 0 Å². The second-order valence-electron chi connectivity index (χ2n) is 4.85. The number of amidine groups is 1. The number of fused-ring (bicyclic) bond motifs is 5. The van der Waals surface area contributed by atoms with Crippen LogP contribution in [-0.4, -0.2) is 28.4 Å². The smallest absolute Gasteiger partial charge is 0.160 e. The third kappa shape index (κ3) is 1.75. The fraction of sp³-hybridized carbons (Fsp3) is 0.462. The Kier molecular flexibility index (Phi) is 3.25. The minimum atomic E-state index is 0. The van der Waals surface area contributed by atoms with E-state index in [4.69, 9.17) is 16.6 Å². The summed E-state index contributed by atoms with van der Waals surface area (Å²) in [6.45, 7) is 1.15. The Morgan fingerprint density at radius 2 is 2.28 bits per heavy atom. The van der Waals surface area contributed by atoms with Gasteiger partial charge in [0.05, 0.1) is 12.1 Å². The summed E-state index contributed by atoms with van der Waals surface area (Å²) in [4.78, 5) is 7.35. The zero-order valence-corrected chi connectivity index (χ0v) is 12.2. The lowest BCUT2D eigenvalue weighted by atomic mass is 9.84. The molecule has 1 saturated heterocycles. The Balaban J connectivity index is 0.000001000. The summed E-state index contributed by atoms with van der Waals surface area (Å²) in [5, 5.41) is 2.12. The molecule has 0 aromatic heterocycles. The summed E-state index contributed by atoms with van der Waals surface area (Å²) in [6.07, 6.45) is 2.28. The first kappa shape index (κ1) is 12.6. The van der Waals surface area contributed by atoms with E-state index in [0.29, 0.717) is 12.1 Å².